The third-order valence-corrected chi connectivity index (χ3v) is 3.71. The number of anilines is 1. The Hall–Kier alpha value is -2.34. The standard InChI is InChI=1S/C14H15N3O2S/c15-13(17-19)12(9-11-7-4-8-20-11)14(18)16-10-5-2-1-3-6-10/h1-8,12,19H,9H2,(H2,15,17)(H,16,18)/t12-/m1/s1. The number of nitrogens with zero attached hydrogens (tertiary/aromatic N) is 1. The Kier molecular flexibility index (Phi) is 4.73. The minimum absolute atomic E-state index is 0.0909. The third kappa shape index (κ3) is 3.58. The maximum atomic E-state index is 12.3. The predicted octanol–water partition coefficient (Wildman–Crippen LogP) is 2.29. The van der Waals surface area contributed by atoms with E-state index in [-0.39, 0.29) is 11.7 Å². The van der Waals surface area contributed by atoms with Crippen LogP contribution in [0.4, 0.5) is 5.69 Å². The van der Waals surface area contributed by atoms with Crippen LogP contribution in [0.5, 0.6) is 0 Å². The van der Waals surface area contributed by atoms with Crippen molar-refractivity contribution in [3.05, 3.63) is 52.7 Å². The fourth-order valence-corrected chi connectivity index (χ4v) is 2.53. The fraction of sp³-hybridized carbons (Fsp3) is 0.143. The van der Waals surface area contributed by atoms with Crippen LogP contribution in [-0.2, 0) is 11.2 Å². The quantitative estimate of drug-likeness (QED) is 0.341. The third-order valence-electron chi connectivity index (χ3n) is 2.82. The Morgan fingerprint density at radius 1 is 1.30 bits per heavy atom. The second-order valence-electron chi connectivity index (χ2n) is 4.22. The average Bonchev–Trinajstić information content (AvgIpc) is 2.98. The van der Waals surface area contributed by atoms with E-state index in [0.717, 1.165) is 4.88 Å². The van der Waals surface area contributed by atoms with Gasteiger partial charge >= 0.3 is 0 Å². The molecule has 6 heteroatoms. The number of nitrogens with two attached hydrogens (primary N) is 1. The number of hydrogen-bond acceptors (Lipinski definition) is 4. The van der Waals surface area contributed by atoms with Gasteiger partial charge in [-0.05, 0) is 23.6 Å². The first-order chi connectivity index (χ1) is 9.70. The Labute approximate surface area is 120 Å². The van der Waals surface area contributed by atoms with Gasteiger partial charge in [-0.15, -0.1) is 11.3 Å². The molecule has 0 saturated heterocycles. The lowest BCUT2D eigenvalue weighted by molar-refractivity contribution is -0.118. The molecule has 0 bridgehead atoms. The van der Waals surface area contributed by atoms with Gasteiger partial charge in [-0.25, -0.2) is 0 Å². The zero-order valence-electron chi connectivity index (χ0n) is 10.7. The summed E-state index contributed by atoms with van der Waals surface area (Å²) in [6, 6.07) is 12.9. The van der Waals surface area contributed by atoms with Crippen LogP contribution >= 0.6 is 11.3 Å². The number of amides is 1. The summed E-state index contributed by atoms with van der Waals surface area (Å²) in [6.07, 6.45) is 0.409. The smallest absolute Gasteiger partial charge is 0.235 e. The molecule has 1 atom stereocenters. The molecule has 1 aromatic heterocycles. The number of para-hydroxylation sites is 1. The van der Waals surface area contributed by atoms with Crippen molar-refractivity contribution < 1.29 is 10.0 Å². The number of benzene rings is 1. The molecule has 0 aliphatic rings. The van der Waals surface area contributed by atoms with Crippen molar-refractivity contribution in [1.82, 2.24) is 0 Å². The Morgan fingerprint density at radius 2 is 2.05 bits per heavy atom. The Morgan fingerprint density at radius 3 is 2.65 bits per heavy atom. The lowest BCUT2D eigenvalue weighted by Gasteiger charge is -2.14. The summed E-state index contributed by atoms with van der Waals surface area (Å²) in [5, 5.41) is 16.5. The monoisotopic (exact) mass is 289 g/mol. The highest BCUT2D eigenvalue weighted by molar-refractivity contribution is 7.09. The van der Waals surface area contributed by atoms with Gasteiger partial charge in [0.25, 0.3) is 0 Å². The molecule has 20 heavy (non-hydrogen) atoms. The van der Waals surface area contributed by atoms with E-state index in [4.69, 9.17) is 10.9 Å². The molecule has 1 heterocycles. The first-order valence-electron chi connectivity index (χ1n) is 6.06. The molecule has 0 radical (unpaired) electrons. The summed E-state index contributed by atoms with van der Waals surface area (Å²) in [4.78, 5) is 13.3. The molecular weight excluding hydrogens is 274 g/mol. The van der Waals surface area contributed by atoms with Crippen molar-refractivity contribution in [1.29, 1.82) is 0 Å². The molecule has 4 N–H and O–H groups in total. The van der Waals surface area contributed by atoms with Crippen molar-refractivity contribution in [2.24, 2.45) is 16.8 Å². The largest absolute Gasteiger partial charge is 0.409 e. The first-order valence-corrected chi connectivity index (χ1v) is 6.94. The van der Waals surface area contributed by atoms with Crippen molar-refractivity contribution in [2.75, 3.05) is 5.32 Å². The molecule has 1 amide bonds. The second kappa shape index (κ2) is 6.72. The van der Waals surface area contributed by atoms with Gasteiger partial charge in [0, 0.05) is 17.0 Å². The molecule has 0 fully saturated rings. The normalized spacial score (nSPS) is 12.9. The second-order valence-corrected chi connectivity index (χ2v) is 5.25. The van der Waals surface area contributed by atoms with Gasteiger partial charge in [-0.3, -0.25) is 4.79 Å². The molecule has 5 nitrogen and oxygen atoms in total. The van der Waals surface area contributed by atoms with E-state index < -0.39 is 5.92 Å². The topological polar surface area (TPSA) is 87.7 Å². The van der Waals surface area contributed by atoms with Crippen molar-refractivity contribution in [3.63, 3.8) is 0 Å². The number of amidine groups is 1. The van der Waals surface area contributed by atoms with Gasteiger partial charge in [-0.2, -0.15) is 0 Å². The zero-order chi connectivity index (χ0) is 14.4. The summed E-state index contributed by atoms with van der Waals surface area (Å²) < 4.78 is 0. The molecule has 2 rings (SSSR count). The minimum Gasteiger partial charge on any atom is -0.409 e. The molecule has 0 unspecified atom stereocenters. The van der Waals surface area contributed by atoms with Gasteiger partial charge in [0.05, 0.1) is 0 Å². The van der Waals surface area contributed by atoms with Gasteiger partial charge in [0.15, 0.2) is 5.84 Å². The highest BCUT2D eigenvalue weighted by atomic mass is 32.1. The summed E-state index contributed by atoms with van der Waals surface area (Å²) in [5.74, 6) is -1.08. The number of hydrogen-bond donors (Lipinski definition) is 3. The summed E-state index contributed by atoms with van der Waals surface area (Å²) in [6.45, 7) is 0. The van der Waals surface area contributed by atoms with Crippen LogP contribution in [0, 0.1) is 5.92 Å². The molecule has 1 aromatic carbocycles. The highest BCUT2D eigenvalue weighted by Gasteiger charge is 2.24. The number of thiophene rings is 1. The molecule has 104 valence electrons. The Bertz CT molecular complexity index is 582. The fourth-order valence-electron chi connectivity index (χ4n) is 1.78. The van der Waals surface area contributed by atoms with Gasteiger partial charge < -0.3 is 16.3 Å². The molecular formula is C14H15N3O2S. The molecule has 0 aliphatic carbocycles. The van der Waals surface area contributed by atoms with Gasteiger partial charge in [0.1, 0.15) is 5.92 Å². The van der Waals surface area contributed by atoms with Crippen LogP contribution < -0.4 is 11.1 Å². The number of carbonyl (C=O) groups excluding carboxylic acids is 1. The van der Waals surface area contributed by atoms with Crippen LogP contribution in [0.1, 0.15) is 4.88 Å². The van der Waals surface area contributed by atoms with Crippen LogP contribution in [0.15, 0.2) is 53.0 Å². The highest BCUT2D eigenvalue weighted by Crippen LogP contribution is 2.17. The van der Waals surface area contributed by atoms with E-state index in [0.29, 0.717) is 12.1 Å². The molecule has 2 aromatic rings. The first kappa shape index (κ1) is 14.1. The number of rotatable bonds is 5. The summed E-state index contributed by atoms with van der Waals surface area (Å²) in [7, 11) is 0. The number of oxime groups is 1. The summed E-state index contributed by atoms with van der Waals surface area (Å²) >= 11 is 1.53. The molecule has 0 saturated carbocycles. The SMILES string of the molecule is N/C(=N/O)[C@@H](Cc1cccs1)C(=O)Nc1ccccc1. The van der Waals surface area contributed by atoms with E-state index in [1.54, 1.807) is 12.1 Å². The number of carbonyl (C=O) groups is 1. The van der Waals surface area contributed by atoms with Crippen molar-refractivity contribution in [3.8, 4) is 0 Å². The van der Waals surface area contributed by atoms with E-state index in [1.807, 2.05) is 35.7 Å². The average molecular weight is 289 g/mol. The van der Waals surface area contributed by atoms with E-state index in [9.17, 15) is 4.79 Å². The minimum atomic E-state index is -0.696. The predicted molar refractivity (Wildman–Crippen MR) is 80.0 cm³/mol. The lowest BCUT2D eigenvalue weighted by Crippen LogP contribution is -2.36. The van der Waals surface area contributed by atoms with Crippen molar-refractivity contribution in [2.45, 2.75) is 6.42 Å². The molecule has 0 spiro atoms. The van der Waals surface area contributed by atoms with E-state index >= 15 is 0 Å². The number of nitrogens with one attached hydrogen (secondary N) is 1. The zero-order valence-corrected chi connectivity index (χ0v) is 11.5. The Balaban J connectivity index is 2.12. The van der Waals surface area contributed by atoms with E-state index in [1.165, 1.54) is 11.3 Å². The lowest BCUT2D eigenvalue weighted by atomic mass is 10.0. The summed E-state index contributed by atoms with van der Waals surface area (Å²) in [5.41, 5.74) is 6.31. The van der Waals surface area contributed by atoms with Crippen LogP contribution in [0.25, 0.3) is 0 Å². The van der Waals surface area contributed by atoms with Gasteiger partial charge in [0.2, 0.25) is 5.91 Å². The van der Waals surface area contributed by atoms with Gasteiger partial charge in [-0.1, -0.05) is 29.4 Å². The van der Waals surface area contributed by atoms with Crippen LogP contribution in [0.2, 0.25) is 0 Å². The molecule has 0 aliphatic heterocycles. The maximum absolute atomic E-state index is 12.3. The van der Waals surface area contributed by atoms with E-state index in [2.05, 4.69) is 10.5 Å². The van der Waals surface area contributed by atoms with Crippen molar-refractivity contribution >= 4 is 28.8 Å². The van der Waals surface area contributed by atoms with Crippen LogP contribution in [-0.4, -0.2) is 17.0 Å². The maximum Gasteiger partial charge on any atom is 0.235 e. The van der Waals surface area contributed by atoms with Crippen LogP contribution in [0.3, 0.4) is 0 Å².